The number of likely N-dealkylation sites (tertiary alicyclic amines) is 1. The standard InChI is InChI=1S/C48H49N5O9/c1-60-28-29-61-47(59)52-37-24-19-31(14-13-25-50-46(49)58)30-36(37)48(45(52)57)38(43(55)51-26-11-3-2-4-12-27-51)40-44(56)62-41(33-17-9-6-10-18-33)39(32-15-7-5-8-16-32)53(40)42(48)34-20-22-35(54)23-21-34/h5-10,15-24,30,38-42,54H,2-4,11-12,25-29H2,1H3,(H3,49,50,58). The average Bonchev–Trinajstić information content (AvgIpc) is 3.72. The largest absolute Gasteiger partial charge is 0.508 e. The molecular formula is C48H49N5O9. The lowest BCUT2D eigenvalue weighted by atomic mass is 9.64. The number of methoxy groups -OCH3 is 1. The summed E-state index contributed by atoms with van der Waals surface area (Å²) in [5.41, 5.74) is 6.14. The minimum Gasteiger partial charge on any atom is -0.508 e. The Kier molecular flexibility index (Phi) is 12.3. The summed E-state index contributed by atoms with van der Waals surface area (Å²) in [6.45, 7) is 0.655. The van der Waals surface area contributed by atoms with Gasteiger partial charge in [0.25, 0.3) is 0 Å². The second kappa shape index (κ2) is 18.1. The van der Waals surface area contributed by atoms with E-state index in [4.69, 9.17) is 19.9 Å². The molecule has 3 fully saturated rings. The van der Waals surface area contributed by atoms with E-state index in [1.807, 2.05) is 65.6 Å². The molecule has 0 radical (unpaired) electrons. The molecule has 14 heteroatoms. The van der Waals surface area contributed by atoms with Crippen LogP contribution in [-0.2, 0) is 34.0 Å². The Bertz CT molecular complexity index is 2380. The fourth-order valence-corrected chi connectivity index (χ4v) is 9.82. The van der Waals surface area contributed by atoms with Crippen molar-refractivity contribution < 1.29 is 43.3 Å². The van der Waals surface area contributed by atoms with Gasteiger partial charge in [0.05, 0.1) is 36.8 Å². The topological polar surface area (TPSA) is 181 Å². The number of carbonyl (C=O) groups is 5. The van der Waals surface area contributed by atoms with Crippen molar-refractivity contribution in [2.45, 2.75) is 61.7 Å². The Morgan fingerprint density at radius 1 is 0.839 bits per heavy atom. The molecule has 320 valence electrons. The van der Waals surface area contributed by atoms with Gasteiger partial charge in [0.1, 0.15) is 29.9 Å². The highest BCUT2D eigenvalue weighted by Gasteiger charge is 2.76. The van der Waals surface area contributed by atoms with Crippen LogP contribution in [0.25, 0.3) is 0 Å². The van der Waals surface area contributed by atoms with Crippen LogP contribution < -0.4 is 16.0 Å². The van der Waals surface area contributed by atoms with Crippen LogP contribution in [0.5, 0.6) is 5.75 Å². The van der Waals surface area contributed by atoms with Crippen molar-refractivity contribution in [2.75, 3.05) is 44.9 Å². The van der Waals surface area contributed by atoms with E-state index in [0.717, 1.165) is 42.6 Å². The maximum atomic E-state index is 16.2. The molecule has 0 saturated carbocycles. The number of anilines is 1. The zero-order valence-corrected chi connectivity index (χ0v) is 34.4. The summed E-state index contributed by atoms with van der Waals surface area (Å²) < 4.78 is 17.4. The number of ether oxygens (including phenoxy) is 3. The van der Waals surface area contributed by atoms with Crippen LogP contribution >= 0.6 is 0 Å². The average molecular weight is 840 g/mol. The van der Waals surface area contributed by atoms with Gasteiger partial charge < -0.3 is 35.3 Å². The summed E-state index contributed by atoms with van der Waals surface area (Å²) >= 11 is 0. The SMILES string of the molecule is COCCOC(=O)N1C(=O)C2(c3cc(C#CCNC(N)=O)ccc31)C(C(=O)N1CCCCCCC1)C1C(=O)OC(c3ccccc3)C(c3ccccc3)N1C2c1ccc(O)cc1. The Morgan fingerprint density at radius 2 is 1.50 bits per heavy atom. The summed E-state index contributed by atoms with van der Waals surface area (Å²) in [6, 6.07) is 26.2. The Balaban J connectivity index is 1.45. The minimum atomic E-state index is -1.99. The normalized spacial score (nSPS) is 24.5. The number of morpholine rings is 1. The van der Waals surface area contributed by atoms with Crippen LogP contribution in [0.3, 0.4) is 0 Å². The number of fused-ring (bicyclic) bond motifs is 3. The Morgan fingerprint density at radius 3 is 2.16 bits per heavy atom. The second-order valence-corrected chi connectivity index (χ2v) is 15.9. The molecule has 4 N–H and O–H groups in total. The van der Waals surface area contributed by atoms with Crippen molar-refractivity contribution in [3.8, 4) is 17.6 Å². The first-order chi connectivity index (χ1) is 30.2. The number of nitrogens with two attached hydrogens (primary N) is 1. The third kappa shape index (κ3) is 7.63. The van der Waals surface area contributed by atoms with E-state index < -0.39 is 65.5 Å². The van der Waals surface area contributed by atoms with Crippen molar-refractivity contribution in [1.82, 2.24) is 15.1 Å². The number of aromatic hydroxyl groups is 1. The van der Waals surface area contributed by atoms with E-state index in [0.29, 0.717) is 29.8 Å². The fourth-order valence-electron chi connectivity index (χ4n) is 9.82. The fraction of sp³-hybridized carbons (Fsp3) is 0.354. The molecule has 4 aliphatic heterocycles. The first-order valence-electron chi connectivity index (χ1n) is 21.0. The van der Waals surface area contributed by atoms with Crippen molar-refractivity contribution in [3.63, 3.8) is 0 Å². The lowest BCUT2D eigenvalue weighted by molar-refractivity contribution is -0.179. The number of carbonyl (C=O) groups excluding carboxylic acids is 5. The zero-order chi connectivity index (χ0) is 43.4. The first-order valence-corrected chi connectivity index (χ1v) is 21.0. The van der Waals surface area contributed by atoms with E-state index in [9.17, 15) is 14.7 Å². The predicted octanol–water partition coefficient (Wildman–Crippen LogP) is 5.65. The van der Waals surface area contributed by atoms with Gasteiger partial charge in [-0.15, -0.1) is 0 Å². The lowest BCUT2D eigenvalue weighted by Crippen LogP contribution is -2.56. The smallest absolute Gasteiger partial charge is 0.421 e. The maximum absolute atomic E-state index is 16.2. The number of hydrogen-bond acceptors (Lipinski definition) is 10. The number of cyclic esters (lactones) is 1. The molecular weight excluding hydrogens is 791 g/mol. The number of urea groups is 1. The summed E-state index contributed by atoms with van der Waals surface area (Å²) in [4.78, 5) is 77.9. The third-order valence-corrected chi connectivity index (χ3v) is 12.4. The molecule has 4 aromatic rings. The van der Waals surface area contributed by atoms with Crippen molar-refractivity contribution >= 4 is 35.6 Å². The van der Waals surface area contributed by atoms with E-state index in [2.05, 4.69) is 17.2 Å². The van der Waals surface area contributed by atoms with Crippen LogP contribution in [-0.4, -0.2) is 90.8 Å². The molecule has 0 bridgehead atoms. The molecule has 4 aromatic carbocycles. The summed E-state index contributed by atoms with van der Waals surface area (Å²) in [7, 11) is 1.46. The van der Waals surface area contributed by atoms with Crippen molar-refractivity contribution in [3.05, 3.63) is 131 Å². The molecule has 14 nitrogen and oxygen atoms in total. The van der Waals surface area contributed by atoms with Gasteiger partial charge in [0.2, 0.25) is 11.8 Å². The lowest BCUT2D eigenvalue weighted by Gasteiger charge is -2.46. The van der Waals surface area contributed by atoms with Crippen LogP contribution in [0.4, 0.5) is 15.3 Å². The van der Waals surface area contributed by atoms with Crippen molar-refractivity contribution in [1.29, 1.82) is 0 Å². The molecule has 4 aliphatic rings. The number of amides is 5. The van der Waals surface area contributed by atoms with Gasteiger partial charge in [0.15, 0.2) is 0 Å². The van der Waals surface area contributed by atoms with E-state index in [1.54, 1.807) is 35.2 Å². The van der Waals surface area contributed by atoms with E-state index >= 15 is 14.4 Å². The van der Waals surface area contributed by atoms with Crippen molar-refractivity contribution in [2.24, 2.45) is 11.7 Å². The summed E-state index contributed by atoms with van der Waals surface area (Å²) in [5.74, 6) is 2.59. The number of nitrogens with one attached hydrogen (secondary N) is 1. The highest BCUT2D eigenvalue weighted by molar-refractivity contribution is 6.23. The van der Waals surface area contributed by atoms with Crippen LogP contribution in [0.2, 0.25) is 0 Å². The molecule has 5 amide bonds. The van der Waals surface area contributed by atoms with Crippen LogP contribution in [0.15, 0.2) is 103 Å². The maximum Gasteiger partial charge on any atom is 0.421 e. The van der Waals surface area contributed by atoms with Crippen LogP contribution in [0, 0.1) is 17.8 Å². The number of rotatable bonds is 8. The van der Waals surface area contributed by atoms with Gasteiger partial charge in [-0.3, -0.25) is 19.3 Å². The van der Waals surface area contributed by atoms with Gasteiger partial charge in [-0.2, -0.15) is 0 Å². The number of esters is 1. The molecule has 3 saturated heterocycles. The summed E-state index contributed by atoms with van der Waals surface area (Å²) in [5, 5.41) is 13.1. The monoisotopic (exact) mass is 839 g/mol. The number of phenols is 1. The number of phenolic OH excluding ortho intramolecular Hbond substituents is 1. The number of hydrogen-bond donors (Lipinski definition) is 3. The third-order valence-electron chi connectivity index (χ3n) is 12.4. The Hall–Kier alpha value is -6.69. The molecule has 8 rings (SSSR count). The molecule has 0 aliphatic carbocycles. The van der Waals surface area contributed by atoms with E-state index in [-0.39, 0.29) is 36.8 Å². The first kappa shape index (κ1) is 42.0. The minimum absolute atomic E-state index is 0.0333. The van der Waals surface area contributed by atoms with Gasteiger partial charge >= 0.3 is 18.1 Å². The van der Waals surface area contributed by atoms with Crippen LogP contribution in [0.1, 0.15) is 78.1 Å². The second-order valence-electron chi connectivity index (χ2n) is 15.9. The highest BCUT2D eigenvalue weighted by atomic mass is 16.6. The summed E-state index contributed by atoms with van der Waals surface area (Å²) in [6.07, 6.45) is 2.45. The molecule has 0 aromatic heterocycles. The molecule has 6 unspecified atom stereocenters. The molecule has 62 heavy (non-hydrogen) atoms. The highest BCUT2D eigenvalue weighted by Crippen LogP contribution is 2.66. The number of imide groups is 1. The zero-order valence-electron chi connectivity index (χ0n) is 34.4. The van der Waals surface area contributed by atoms with Gasteiger partial charge in [0, 0.05) is 25.8 Å². The quantitative estimate of drug-likeness (QED) is 0.114. The predicted molar refractivity (Wildman–Crippen MR) is 227 cm³/mol. The molecule has 1 spiro atoms. The van der Waals surface area contributed by atoms with Gasteiger partial charge in [-0.1, -0.05) is 104 Å². The number of nitrogens with zero attached hydrogens (tertiary/aromatic N) is 3. The molecule has 4 heterocycles. The number of benzene rings is 4. The Labute approximate surface area is 359 Å². The molecule has 6 atom stereocenters. The van der Waals surface area contributed by atoms with Gasteiger partial charge in [-0.05, 0) is 65.4 Å². The van der Waals surface area contributed by atoms with Gasteiger partial charge in [-0.25, -0.2) is 14.5 Å². The van der Waals surface area contributed by atoms with E-state index in [1.165, 1.54) is 19.2 Å². The number of primary amides is 1.